The van der Waals surface area contributed by atoms with E-state index < -0.39 is 5.82 Å². The van der Waals surface area contributed by atoms with Gasteiger partial charge in [0.2, 0.25) is 0 Å². The molecule has 5 nitrogen and oxygen atoms in total. The van der Waals surface area contributed by atoms with E-state index in [4.69, 9.17) is 0 Å². The van der Waals surface area contributed by atoms with Crippen molar-refractivity contribution in [1.82, 2.24) is 4.90 Å². The number of ketones is 1. The van der Waals surface area contributed by atoms with Crippen molar-refractivity contribution in [3.05, 3.63) is 96.3 Å². The van der Waals surface area contributed by atoms with Gasteiger partial charge in [-0.05, 0) is 92.5 Å². The number of rotatable bonds is 5. The average molecular weight is 542 g/mol. The molecule has 0 unspecified atom stereocenters. The number of allylic oxidation sites excluding steroid dienone is 1. The van der Waals surface area contributed by atoms with Gasteiger partial charge in [-0.2, -0.15) is 0 Å². The lowest BCUT2D eigenvalue weighted by molar-refractivity contribution is 0.0851. The van der Waals surface area contributed by atoms with Gasteiger partial charge in [-0.1, -0.05) is 55.0 Å². The third-order valence-corrected chi connectivity index (χ3v) is 7.70. The lowest BCUT2D eigenvalue weighted by atomic mass is 9.79. The molecule has 0 radical (unpaired) electrons. The van der Waals surface area contributed by atoms with Crippen LogP contribution in [-0.4, -0.2) is 36.9 Å². The molecule has 3 fully saturated rings. The van der Waals surface area contributed by atoms with Crippen molar-refractivity contribution < 1.29 is 14.0 Å². The normalized spacial score (nSPS) is 15.8. The minimum Gasteiger partial charge on any atom is -0.388 e. The zero-order chi connectivity index (χ0) is 28.3. The molecular formula is C34H40FN3O2. The van der Waals surface area contributed by atoms with Crippen molar-refractivity contribution in [2.75, 3.05) is 30.8 Å². The van der Waals surface area contributed by atoms with Crippen molar-refractivity contribution in [2.45, 2.75) is 51.4 Å². The van der Waals surface area contributed by atoms with Crippen molar-refractivity contribution in [2.24, 2.45) is 5.92 Å². The van der Waals surface area contributed by atoms with Crippen LogP contribution in [0.1, 0.15) is 61.7 Å². The summed E-state index contributed by atoms with van der Waals surface area (Å²) in [4.78, 5) is 25.6. The molecule has 1 saturated heterocycles. The SMILES string of the molecule is C=C1CCC1.CNc1ccc(-c2ccc(C(=O)C3CCC3)c(F)c2)cc1.O=C(Nc1ccccc1)N1CCCC1. The van der Waals surface area contributed by atoms with Gasteiger partial charge in [-0.15, -0.1) is 0 Å². The van der Waals surface area contributed by atoms with Crippen LogP contribution in [0.15, 0.2) is 84.9 Å². The van der Waals surface area contributed by atoms with Crippen LogP contribution in [0.3, 0.4) is 0 Å². The van der Waals surface area contributed by atoms with Crippen molar-refractivity contribution in [1.29, 1.82) is 0 Å². The summed E-state index contributed by atoms with van der Waals surface area (Å²) in [5, 5.41) is 5.92. The number of amides is 2. The van der Waals surface area contributed by atoms with Crippen molar-refractivity contribution in [3.63, 3.8) is 0 Å². The van der Waals surface area contributed by atoms with E-state index in [2.05, 4.69) is 17.2 Å². The second-order valence-corrected chi connectivity index (χ2v) is 10.6. The highest BCUT2D eigenvalue weighted by molar-refractivity contribution is 5.99. The first-order valence-corrected chi connectivity index (χ1v) is 14.3. The summed E-state index contributed by atoms with van der Waals surface area (Å²) < 4.78 is 14.2. The summed E-state index contributed by atoms with van der Waals surface area (Å²) >= 11 is 0. The number of Topliss-reactive ketones (excluding diaryl/α,β-unsaturated/α-hetero) is 1. The van der Waals surface area contributed by atoms with Gasteiger partial charge in [0.25, 0.3) is 0 Å². The number of carbonyl (C=O) groups is 2. The van der Waals surface area contributed by atoms with Crippen LogP contribution >= 0.6 is 0 Å². The Morgan fingerprint density at radius 1 is 0.825 bits per heavy atom. The molecule has 6 heteroatoms. The fraction of sp³-hybridized carbons (Fsp3) is 0.353. The summed E-state index contributed by atoms with van der Waals surface area (Å²) in [6, 6.07) is 22.3. The fourth-order valence-corrected chi connectivity index (χ4v) is 4.69. The molecule has 1 heterocycles. The molecule has 0 aromatic heterocycles. The maximum atomic E-state index is 14.2. The van der Waals surface area contributed by atoms with Gasteiger partial charge in [0, 0.05) is 37.4 Å². The van der Waals surface area contributed by atoms with Crippen LogP contribution in [0.2, 0.25) is 0 Å². The summed E-state index contributed by atoms with van der Waals surface area (Å²) in [5.74, 6) is -0.432. The Balaban J connectivity index is 0.000000166. The van der Waals surface area contributed by atoms with E-state index in [1.807, 2.05) is 72.6 Å². The van der Waals surface area contributed by atoms with E-state index in [0.29, 0.717) is 0 Å². The third-order valence-electron chi connectivity index (χ3n) is 7.70. The molecule has 0 atom stereocenters. The highest BCUT2D eigenvalue weighted by atomic mass is 19.1. The minimum absolute atomic E-state index is 0.0219. The molecule has 2 amide bonds. The average Bonchev–Trinajstić information content (AvgIpc) is 3.48. The number of likely N-dealkylation sites (tertiary alicyclic amines) is 1. The van der Waals surface area contributed by atoms with Crippen LogP contribution in [0.25, 0.3) is 11.1 Å². The molecule has 210 valence electrons. The quantitative estimate of drug-likeness (QED) is 0.251. The monoisotopic (exact) mass is 541 g/mol. The summed E-state index contributed by atoms with van der Waals surface area (Å²) in [5.41, 5.74) is 5.27. The molecule has 0 spiro atoms. The van der Waals surface area contributed by atoms with Crippen molar-refractivity contribution >= 4 is 23.2 Å². The molecule has 2 N–H and O–H groups in total. The zero-order valence-electron chi connectivity index (χ0n) is 23.4. The number of carbonyl (C=O) groups excluding carboxylic acids is 2. The Hall–Kier alpha value is -3.93. The lowest BCUT2D eigenvalue weighted by Gasteiger charge is -2.24. The number of nitrogens with one attached hydrogen (secondary N) is 2. The van der Waals surface area contributed by atoms with Crippen LogP contribution in [-0.2, 0) is 0 Å². The Morgan fingerprint density at radius 2 is 1.45 bits per heavy atom. The lowest BCUT2D eigenvalue weighted by Crippen LogP contribution is -2.32. The highest BCUT2D eigenvalue weighted by Crippen LogP contribution is 2.32. The van der Waals surface area contributed by atoms with Gasteiger partial charge in [0.15, 0.2) is 5.78 Å². The Labute approximate surface area is 237 Å². The summed E-state index contributed by atoms with van der Waals surface area (Å²) in [6.07, 6.45) is 9.09. The topological polar surface area (TPSA) is 61.4 Å². The predicted octanol–water partition coefficient (Wildman–Crippen LogP) is 8.56. The van der Waals surface area contributed by atoms with E-state index >= 15 is 0 Å². The first-order valence-electron chi connectivity index (χ1n) is 14.3. The van der Waals surface area contributed by atoms with Gasteiger partial charge in [-0.25, -0.2) is 9.18 Å². The number of hydrogen-bond acceptors (Lipinski definition) is 3. The van der Waals surface area contributed by atoms with Crippen LogP contribution in [0.4, 0.5) is 20.6 Å². The first-order chi connectivity index (χ1) is 19.4. The Morgan fingerprint density at radius 3 is 1.95 bits per heavy atom. The van der Waals surface area contributed by atoms with Crippen molar-refractivity contribution in [3.8, 4) is 11.1 Å². The number of para-hydroxylation sites is 1. The van der Waals surface area contributed by atoms with E-state index in [1.54, 1.807) is 6.07 Å². The van der Waals surface area contributed by atoms with Crippen LogP contribution in [0.5, 0.6) is 0 Å². The van der Waals surface area contributed by atoms with Gasteiger partial charge in [0.05, 0.1) is 5.56 Å². The standard InChI is InChI=1S/C18H18FNO.C11H14N2O.C5H8/c1-20-15-8-5-12(6-9-15)14-7-10-16(17(19)11-14)18(21)13-3-2-4-13;14-11(13-8-4-5-9-13)12-10-6-2-1-3-7-10;1-5-3-2-4-5/h5-11,13,20H,2-4H2,1H3;1-3,6-7H,4-5,8-9H2,(H,12,14);1-4H2. The number of benzene rings is 3. The molecule has 2 saturated carbocycles. The van der Waals surface area contributed by atoms with Gasteiger partial charge < -0.3 is 15.5 Å². The van der Waals surface area contributed by atoms with E-state index in [9.17, 15) is 14.0 Å². The number of urea groups is 1. The van der Waals surface area contributed by atoms with Gasteiger partial charge >= 0.3 is 6.03 Å². The number of hydrogen-bond donors (Lipinski definition) is 2. The molecular weight excluding hydrogens is 501 g/mol. The summed E-state index contributed by atoms with van der Waals surface area (Å²) in [7, 11) is 1.86. The molecule has 3 aliphatic rings. The zero-order valence-corrected chi connectivity index (χ0v) is 23.4. The van der Waals surface area contributed by atoms with E-state index in [1.165, 1.54) is 30.9 Å². The molecule has 0 bridgehead atoms. The maximum absolute atomic E-state index is 14.2. The molecule has 40 heavy (non-hydrogen) atoms. The van der Waals surface area contributed by atoms with Crippen LogP contribution < -0.4 is 10.6 Å². The molecule has 2 aliphatic carbocycles. The fourth-order valence-electron chi connectivity index (χ4n) is 4.69. The number of anilines is 2. The molecule has 1 aliphatic heterocycles. The van der Waals surface area contributed by atoms with Crippen LogP contribution in [0, 0.1) is 11.7 Å². The third kappa shape index (κ3) is 8.04. The molecule has 3 aromatic carbocycles. The van der Waals surface area contributed by atoms with E-state index in [0.717, 1.165) is 67.7 Å². The van der Waals surface area contributed by atoms with Gasteiger partial charge in [0.1, 0.15) is 5.82 Å². The smallest absolute Gasteiger partial charge is 0.321 e. The Kier molecular flexibility index (Phi) is 10.5. The molecule has 6 rings (SSSR count). The summed E-state index contributed by atoms with van der Waals surface area (Å²) in [6.45, 7) is 5.54. The Bertz CT molecular complexity index is 1270. The second kappa shape index (κ2) is 14.5. The van der Waals surface area contributed by atoms with E-state index in [-0.39, 0.29) is 23.3 Å². The number of nitrogens with zero attached hydrogens (tertiary/aromatic N) is 1. The first kappa shape index (κ1) is 29.1. The molecule has 3 aromatic rings. The maximum Gasteiger partial charge on any atom is 0.321 e. The highest BCUT2D eigenvalue weighted by Gasteiger charge is 2.28. The second-order valence-electron chi connectivity index (χ2n) is 10.6. The minimum atomic E-state index is -0.415. The number of halogens is 1. The largest absolute Gasteiger partial charge is 0.388 e. The van der Waals surface area contributed by atoms with Gasteiger partial charge in [-0.3, -0.25) is 4.79 Å². The predicted molar refractivity (Wildman–Crippen MR) is 162 cm³/mol.